The van der Waals surface area contributed by atoms with Crippen molar-refractivity contribution in [1.82, 2.24) is 5.32 Å². The van der Waals surface area contributed by atoms with Crippen LogP contribution in [-0.4, -0.2) is 5.91 Å². The molecule has 1 heterocycles. The fourth-order valence-electron chi connectivity index (χ4n) is 2.61. The van der Waals surface area contributed by atoms with Gasteiger partial charge < -0.3 is 9.73 Å². The molecule has 0 spiro atoms. The van der Waals surface area contributed by atoms with Crippen LogP contribution < -0.4 is 5.32 Å². The third-order valence-electron chi connectivity index (χ3n) is 3.83. The van der Waals surface area contributed by atoms with Crippen molar-refractivity contribution < 1.29 is 13.6 Å². The van der Waals surface area contributed by atoms with E-state index in [-0.39, 0.29) is 29.4 Å². The SMILES string of the molecule is CC(C)C(NC(=O)c1cc2ccccc2o1)c1ccc(F)cc1. The number of amides is 1. The summed E-state index contributed by atoms with van der Waals surface area (Å²) in [6.07, 6.45) is 0. The van der Waals surface area contributed by atoms with Crippen LogP contribution in [0.3, 0.4) is 0 Å². The molecule has 0 aliphatic heterocycles. The van der Waals surface area contributed by atoms with Crippen molar-refractivity contribution in [2.75, 3.05) is 0 Å². The van der Waals surface area contributed by atoms with Crippen LogP contribution in [0, 0.1) is 11.7 Å². The number of benzene rings is 2. The van der Waals surface area contributed by atoms with Crippen LogP contribution in [-0.2, 0) is 0 Å². The number of carbonyl (C=O) groups is 1. The van der Waals surface area contributed by atoms with Crippen LogP contribution in [0.5, 0.6) is 0 Å². The van der Waals surface area contributed by atoms with E-state index in [2.05, 4.69) is 5.32 Å². The van der Waals surface area contributed by atoms with Crippen LogP contribution in [0.2, 0.25) is 0 Å². The zero-order chi connectivity index (χ0) is 16.4. The number of para-hydroxylation sites is 1. The van der Waals surface area contributed by atoms with Crippen molar-refractivity contribution >= 4 is 16.9 Å². The second kappa shape index (κ2) is 6.24. The van der Waals surface area contributed by atoms with Crippen LogP contribution in [0.4, 0.5) is 4.39 Å². The van der Waals surface area contributed by atoms with Crippen molar-refractivity contribution in [2.45, 2.75) is 19.9 Å². The fraction of sp³-hybridized carbons (Fsp3) is 0.211. The Morgan fingerprint density at radius 1 is 1.09 bits per heavy atom. The lowest BCUT2D eigenvalue weighted by molar-refractivity contribution is 0.0899. The smallest absolute Gasteiger partial charge is 0.287 e. The molecule has 3 aromatic rings. The molecule has 1 unspecified atom stereocenters. The Bertz CT molecular complexity index is 788. The fourth-order valence-corrected chi connectivity index (χ4v) is 2.61. The van der Waals surface area contributed by atoms with Crippen LogP contribution in [0.25, 0.3) is 11.0 Å². The Kier molecular flexibility index (Phi) is 4.15. The molecule has 1 N–H and O–H groups in total. The highest BCUT2D eigenvalue weighted by atomic mass is 19.1. The summed E-state index contributed by atoms with van der Waals surface area (Å²) in [6.45, 7) is 4.01. The first kappa shape index (κ1) is 15.3. The van der Waals surface area contributed by atoms with E-state index in [9.17, 15) is 9.18 Å². The average molecular weight is 311 g/mol. The molecule has 0 aliphatic carbocycles. The molecule has 1 atom stereocenters. The summed E-state index contributed by atoms with van der Waals surface area (Å²) in [5.74, 6) is -0.128. The number of hydrogen-bond acceptors (Lipinski definition) is 2. The molecule has 3 rings (SSSR count). The molecular weight excluding hydrogens is 293 g/mol. The molecule has 1 amide bonds. The number of halogens is 1. The van der Waals surface area contributed by atoms with Gasteiger partial charge in [0.25, 0.3) is 5.91 Å². The largest absolute Gasteiger partial charge is 0.451 e. The molecule has 0 aliphatic rings. The van der Waals surface area contributed by atoms with Gasteiger partial charge in [0.15, 0.2) is 5.76 Å². The van der Waals surface area contributed by atoms with Crippen molar-refractivity contribution in [3.63, 3.8) is 0 Å². The van der Waals surface area contributed by atoms with E-state index < -0.39 is 0 Å². The highest BCUT2D eigenvalue weighted by Gasteiger charge is 2.21. The van der Waals surface area contributed by atoms with E-state index in [4.69, 9.17) is 4.42 Å². The number of carbonyl (C=O) groups excluding carboxylic acids is 1. The Balaban J connectivity index is 1.84. The van der Waals surface area contributed by atoms with E-state index in [0.29, 0.717) is 5.58 Å². The molecule has 2 aromatic carbocycles. The van der Waals surface area contributed by atoms with E-state index in [1.165, 1.54) is 12.1 Å². The molecule has 1 aromatic heterocycles. The van der Waals surface area contributed by atoms with Gasteiger partial charge in [-0.25, -0.2) is 4.39 Å². The summed E-state index contributed by atoms with van der Waals surface area (Å²) >= 11 is 0. The van der Waals surface area contributed by atoms with Crippen molar-refractivity contribution in [1.29, 1.82) is 0 Å². The highest BCUT2D eigenvalue weighted by Crippen LogP contribution is 2.24. The zero-order valence-corrected chi connectivity index (χ0v) is 13.0. The lowest BCUT2D eigenvalue weighted by Crippen LogP contribution is -2.31. The number of rotatable bonds is 4. The topological polar surface area (TPSA) is 42.2 Å². The van der Waals surface area contributed by atoms with Gasteiger partial charge in [0.2, 0.25) is 0 Å². The average Bonchev–Trinajstić information content (AvgIpc) is 2.97. The summed E-state index contributed by atoms with van der Waals surface area (Å²) in [5, 5.41) is 3.86. The van der Waals surface area contributed by atoms with Crippen molar-refractivity contribution in [3.8, 4) is 0 Å². The predicted octanol–water partition coefficient (Wildman–Crippen LogP) is 4.70. The van der Waals surface area contributed by atoms with Crippen LogP contribution >= 0.6 is 0 Å². The molecular formula is C19H18FNO2. The normalized spacial score (nSPS) is 12.5. The molecule has 4 heteroatoms. The Hall–Kier alpha value is -2.62. The van der Waals surface area contributed by atoms with Crippen LogP contribution in [0.15, 0.2) is 59.0 Å². The second-order valence-corrected chi connectivity index (χ2v) is 5.90. The number of hydrogen-bond donors (Lipinski definition) is 1. The van der Waals surface area contributed by atoms with Crippen molar-refractivity contribution in [3.05, 3.63) is 71.7 Å². The molecule has 3 nitrogen and oxygen atoms in total. The third-order valence-corrected chi connectivity index (χ3v) is 3.83. The van der Waals surface area contributed by atoms with Gasteiger partial charge in [0.1, 0.15) is 11.4 Å². The van der Waals surface area contributed by atoms with Gasteiger partial charge in [-0.15, -0.1) is 0 Å². The summed E-state index contributed by atoms with van der Waals surface area (Å²) < 4.78 is 18.7. The number of nitrogens with one attached hydrogen (secondary N) is 1. The monoisotopic (exact) mass is 311 g/mol. The maximum atomic E-state index is 13.1. The Morgan fingerprint density at radius 2 is 1.78 bits per heavy atom. The summed E-state index contributed by atoms with van der Waals surface area (Å²) in [7, 11) is 0. The minimum absolute atomic E-state index is 0.161. The summed E-state index contributed by atoms with van der Waals surface area (Å²) in [5.41, 5.74) is 1.55. The third kappa shape index (κ3) is 3.26. The summed E-state index contributed by atoms with van der Waals surface area (Å²) in [6, 6.07) is 15.2. The standard InChI is InChI=1S/C19H18FNO2/c1-12(2)18(13-7-9-15(20)10-8-13)21-19(22)17-11-14-5-3-4-6-16(14)23-17/h3-12,18H,1-2H3,(H,21,22). The maximum absolute atomic E-state index is 13.1. The zero-order valence-electron chi connectivity index (χ0n) is 13.0. The van der Waals surface area contributed by atoms with E-state index in [1.54, 1.807) is 18.2 Å². The molecule has 118 valence electrons. The number of furan rings is 1. The lowest BCUT2D eigenvalue weighted by atomic mass is 9.96. The van der Waals surface area contributed by atoms with Gasteiger partial charge >= 0.3 is 0 Å². The van der Waals surface area contributed by atoms with E-state index in [0.717, 1.165) is 10.9 Å². The first-order valence-electron chi connectivity index (χ1n) is 7.59. The minimum atomic E-state index is -0.292. The van der Waals surface area contributed by atoms with Gasteiger partial charge in [-0.3, -0.25) is 4.79 Å². The molecule has 0 bridgehead atoms. The molecule has 0 radical (unpaired) electrons. The van der Waals surface area contributed by atoms with Gasteiger partial charge in [0.05, 0.1) is 6.04 Å². The summed E-state index contributed by atoms with van der Waals surface area (Å²) in [4.78, 5) is 12.5. The Labute approximate surface area is 134 Å². The number of fused-ring (bicyclic) bond motifs is 1. The van der Waals surface area contributed by atoms with Crippen LogP contribution in [0.1, 0.15) is 36.0 Å². The van der Waals surface area contributed by atoms with Gasteiger partial charge in [0, 0.05) is 5.39 Å². The van der Waals surface area contributed by atoms with Gasteiger partial charge in [-0.1, -0.05) is 44.2 Å². The maximum Gasteiger partial charge on any atom is 0.287 e. The Morgan fingerprint density at radius 3 is 2.43 bits per heavy atom. The first-order chi connectivity index (χ1) is 11.0. The van der Waals surface area contributed by atoms with E-state index in [1.807, 2.05) is 38.1 Å². The first-order valence-corrected chi connectivity index (χ1v) is 7.59. The molecule has 0 fully saturated rings. The second-order valence-electron chi connectivity index (χ2n) is 5.90. The quantitative estimate of drug-likeness (QED) is 0.759. The highest BCUT2D eigenvalue weighted by molar-refractivity contribution is 5.96. The van der Waals surface area contributed by atoms with Crippen molar-refractivity contribution in [2.24, 2.45) is 5.92 Å². The predicted molar refractivity (Wildman–Crippen MR) is 87.7 cm³/mol. The van der Waals surface area contributed by atoms with E-state index >= 15 is 0 Å². The van der Waals surface area contributed by atoms with Gasteiger partial charge in [-0.2, -0.15) is 0 Å². The lowest BCUT2D eigenvalue weighted by Gasteiger charge is -2.22. The molecule has 23 heavy (non-hydrogen) atoms. The minimum Gasteiger partial charge on any atom is -0.451 e. The van der Waals surface area contributed by atoms with Gasteiger partial charge in [-0.05, 0) is 35.7 Å². The molecule has 0 saturated carbocycles. The molecule has 0 saturated heterocycles.